The molecule has 0 unspecified atom stereocenters. The van der Waals surface area contributed by atoms with Gasteiger partial charge in [0.15, 0.2) is 0 Å². The van der Waals surface area contributed by atoms with Crippen molar-refractivity contribution >= 4 is 5.97 Å². The first-order valence-corrected chi connectivity index (χ1v) is 5.17. The molecule has 0 aliphatic carbocycles. The Morgan fingerprint density at radius 1 is 1.14 bits per heavy atom. The van der Waals surface area contributed by atoms with E-state index in [2.05, 4.69) is 24.3 Å². The van der Waals surface area contributed by atoms with E-state index in [-0.39, 0.29) is 5.97 Å². The molecule has 0 amide bonds. The molecular weight excluding hydrogens is 176 g/mol. The van der Waals surface area contributed by atoms with Gasteiger partial charge in [-0.25, -0.2) is 0 Å². The molecule has 2 nitrogen and oxygen atoms in total. The van der Waals surface area contributed by atoms with Crippen LogP contribution in [0.2, 0.25) is 0 Å². The summed E-state index contributed by atoms with van der Waals surface area (Å²) in [5.41, 5.74) is 0. The molecule has 0 aliphatic rings. The van der Waals surface area contributed by atoms with E-state index in [1.807, 2.05) is 6.92 Å². The van der Waals surface area contributed by atoms with Crippen LogP contribution in [-0.4, -0.2) is 12.6 Å². The second-order valence-electron chi connectivity index (χ2n) is 3.10. The van der Waals surface area contributed by atoms with Gasteiger partial charge in [-0.3, -0.25) is 4.79 Å². The van der Waals surface area contributed by atoms with Crippen LogP contribution in [0.1, 0.15) is 39.5 Å². The molecule has 14 heavy (non-hydrogen) atoms. The molecule has 0 saturated carbocycles. The first-order valence-electron chi connectivity index (χ1n) is 5.17. The Bertz CT molecular complexity index is 192. The fourth-order valence-corrected chi connectivity index (χ4v) is 1.01. The minimum absolute atomic E-state index is 0.193. The van der Waals surface area contributed by atoms with E-state index < -0.39 is 0 Å². The second kappa shape index (κ2) is 10.0. The molecule has 0 aromatic rings. The zero-order valence-electron chi connectivity index (χ0n) is 9.16. The molecular formula is C12H20O2. The first kappa shape index (κ1) is 12.9. The fourth-order valence-electron chi connectivity index (χ4n) is 1.01. The van der Waals surface area contributed by atoms with Crippen molar-refractivity contribution in [2.24, 2.45) is 0 Å². The van der Waals surface area contributed by atoms with Crippen LogP contribution in [0.5, 0.6) is 0 Å². The molecule has 0 atom stereocenters. The fraction of sp³-hybridized carbons (Fsp3) is 0.583. The number of hydrogen-bond acceptors (Lipinski definition) is 2. The Labute approximate surface area is 86.6 Å². The Kier molecular flexibility index (Phi) is 9.28. The van der Waals surface area contributed by atoms with Gasteiger partial charge >= 0.3 is 5.97 Å². The summed E-state index contributed by atoms with van der Waals surface area (Å²) in [7, 11) is 0. The predicted octanol–water partition coefficient (Wildman–Crippen LogP) is 3.24. The lowest BCUT2D eigenvalue weighted by atomic mass is 10.2. The summed E-state index contributed by atoms with van der Waals surface area (Å²) in [6.07, 6.45) is 12.6. The van der Waals surface area contributed by atoms with Crippen molar-refractivity contribution < 1.29 is 9.53 Å². The average molecular weight is 196 g/mol. The summed E-state index contributed by atoms with van der Waals surface area (Å²) in [5.74, 6) is -0.193. The Hall–Kier alpha value is -1.05. The lowest BCUT2D eigenvalue weighted by molar-refractivity contribution is -0.141. The van der Waals surface area contributed by atoms with Gasteiger partial charge in [-0.1, -0.05) is 24.3 Å². The normalized spacial score (nSPS) is 11.3. The molecule has 0 rings (SSSR count). The van der Waals surface area contributed by atoms with E-state index in [1.165, 1.54) is 6.92 Å². The predicted molar refractivity (Wildman–Crippen MR) is 59.1 cm³/mol. The maximum Gasteiger partial charge on any atom is 0.302 e. The number of rotatable bonds is 7. The van der Waals surface area contributed by atoms with Crippen LogP contribution in [-0.2, 0) is 9.53 Å². The standard InChI is InChI=1S/C12H20O2/c1-3-4-5-6-7-8-9-10-11-14-12(2)13/h3-4,7-8H,5-6,9-11H2,1-2H3/b4-3+,8-7+. The summed E-state index contributed by atoms with van der Waals surface area (Å²) in [6.45, 7) is 4.00. The zero-order chi connectivity index (χ0) is 10.6. The van der Waals surface area contributed by atoms with E-state index in [4.69, 9.17) is 4.74 Å². The van der Waals surface area contributed by atoms with Crippen molar-refractivity contribution in [2.75, 3.05) is 6.61 Å². The Morgan fingerprint density at radius 2 is 1.79 bits per heavy atom. The molecule has 0 N–H and O–H groups in total. The molecule has 0 aromatic carbocycles. The summed E-state index contributed by atoms with van der Waals surface area (Å²) < 4.78 is 4.80. The summed E-state index contributed by atoms with van der Waals surface area (Å²) >= 11 is 0. The van der Waals surface area contributed by atoms with Crippen molar-refractivity contribution in [1.29, 1.82) is 0 Å². The highest BCUT2D eigenvalue weighted by molar-refractivity contribution is 5.65. The van der Waals surface area contributed by atoms with Gasteiger partial charge in [0.05, 0.1) is 6.61 Å². The van der Waals surface area contributed by atoms with Crippen LogP contribution < -0.4 is 0 Å². The van der Waals surface area contributed by atoms with Gasteiger partial charge in [0.25, 0.3) is 0 Å². The third-order valence-corrected chi connectivity index (χ3v) is 1.72. The van der Waals surface area contributed by atoms with Crippen molar-refractivity contribution in [3.05, 3.63) is 24.3 Å². The lowest BCUT2D eigenvalue weighted by Gasteiger charge is -1.97. The van der Waals surface area contributed by atoms with E-state index in [0.29, 0.717) is 6.61 Å². The van der Waals surface area contributed by atoms with Gasteiger partial charge in [0, 0.05) is 6.92 Å². The van der Waals surface area contributed by atoms with Crippen molar-refractivity contribution in [2.45, 2.75) is 39.5 Å². The van der Waals surface area contributed by atoms with Crippen molar-refractivity contribution in [1.82, 2.24) is 0 Å². The first-order chi connectivity index (χ1) is 6.77. The number of unbranched alkanes of at least 4 members (excludes halogenated alkanes) is 2. The maximum absolute atomic E-state index is 10.4. The second-order valence-corrected chi connectivity index (χ2v) is 3.10. The van der Waals surface area contributed by atoms with Crippen molar-refractivity contribution in [3.8, 4) is 0 Å². The quantitative estimate of drug-likeness (QED) is 0.355. The topological polar surface area (TPSA) is 26.3 Å². The third kappa shape index (κ3) is 11.0. The van der Waals surface area contributed by atoms with Crippen LogP contribution >= 0.6 is 0 Å². The molecule has 0 bridgehead atoms. The highest BCUT2D eigenvalue weighted by Crippen LogP contribution is 1.97. The average Bonchev–Trinajstić information content (AvgIpc) is 2.15. The minimum atomic E-state index is -0.193. The summed E-state index contributed by atoms with van der Waals surface area (Å²) in [6, 6.07) is 0. The van der Waals surface area contributed by atoms with E-state index in [9.17, 15) is 4.79 Å². The van der Waals surface area contributed by atoms with Crippen LogP contribution in [0.25, 0.3) is 0 Å². The number of ether oxygens (including phenoxy) is 1. The molecule has 80 valence electrons. The molecule has 0 fully saturated rings. The number of hydrogen-bond donors (Lipinski definition) is 0. The molecule has 0 aromatic heterocycles. The SMILES string of the molecule is C/C=C/CC/C=C/CCCOC(C)=O. The lowest BCUT2D eigenvalue weighted by Crippen LogP contribution is -1.99. The van der Waals surface area contributed by atoms with Crippen LogP contribution in [0.3, 0.4) is 0 Å². The number of carbonyl (C=O) groups is 1. The van der Waals surface area contributed by atoms with E-state index >= 15 is 0 Å². The van der Waals surface area contributed by atoms with Gasteiger partial charge in [-0.15, -0.1) is 0 Å². The van der Waals surface area contributed by atoms with Crippen LogP contribution in [0.4, 0.5) is 0 Å². The van der Waals surface area contributed by atoms with Gasteiger partial charge in [-0.05, 0) is 32.6 Å². The number of carbonyl (C=O) groups excluding carboxylic acids is 1. The molecule has 0 spiro atoms. The minimum Gasteiger partial charge on any atom is -0.466 e. The van der Waals surface area contributed by atoms with Gasteiger partial charge in [0.1, 0.15) is 0 Å². The van der Waals surface area contributed by atoms with E-state index in [0.717, 1.165) is 25.7 Å². The monoisotopic (exact) mass is 196 g/mol. The highest BCUT2D eigenvalue weighted by Gasteiger charge is 1.89. The smallest absolute Gasteiger partial charge is 0.302 e. The molecule has 0 saturated heterocycles. The Morgan fingerprint density at radius 3 is 2.43 bits per heavy atom. The summed E-state index contributed by atoms with van der Waals surface area (Å²) in [5, 5.41) is 0. The number of esters is 1. The van der Waals surface area contributed by atoms with Gasteiger partial charge in [-0.2, -0.15) is 0 Å². The molecule has 2 heteroatoms. The third-order valence-electron chi connectivity index (χ3n) is 1.72. The van der Waals surface area contributed by atoms with Gasteiger partial charge < -0.3 is 4.74 Å². The molecule has 0 heterocycles. The van der Waals surface area contributed by atoms with Crippen molar-refractivity contribution in [3.63, 3.8) is 0 Å². The molecule has 0 radical (unpaired) electrons. The van der Waals surface area contributed by atoms with Crippen LogP contribution in [0.15, 0.2) is 24.3 Å². The Balaban J connectivity index is 3.14. The van der Waals surface area contributed by atoms with Gasteiger partial charge in [0.2, 0.25) is 0 Å². The highest BCUT2D eigenvalue weighted by atomic mass is 16.5. The van der Waals surface area contributed by atoms with E-state index in [1.54, 1.807) is 0 Å². The van der Waals surface area contributed by atoms with Crippen LogP contribution in [0, 0.1) is 0 Å². The molecule has 0 aliphatic heterocycles. The largest absolute Gasteiger partial charge is 0.466 e. The maximum atomic E-state index is 10.4. The summed E-state index contributed by atoms with van der Waals surface area (Å²) in [4.78, 5) is 10.4. The zero-order valence-corrected chi connectivity index (χ0v) is 9.16. The number of allylic oxidation sites excluding steroid dienone is 4.